The van der Waals surface area contributed by atoms with E-state index in [9.17, 15) is 59.3 Å². The van der Waals surface area contributed by atoms with Crippen LogP contribution in [0.1, 0.15) is 73.9 Å². The molecule has 1 amide bonds. The van der Waals surface area contributed by atoms with E-state index in [1.165, 1.54) is 0 Å². The summed E-state index contributed by atoms with van der Waals surface area (Å²) in [6, 6.07) is 3.29. The number of aryl methyl sites for hydroxylation is 2. The van der Waals surface area contributed by atoms with Crippen molar-refractivity contribution >= 4 is 29.1 Å². The number of nitrogens with zero attached hydrogens (tertiary/aromatic N) is 2. The Morgan fingerprint density at radius 2 is 1.50 bits per heavy atom. The number of carboxylic acid groups (broad SMARTS) is 2. The highest BCUT2D eigenvalue weighted by Gasteiger charge is 2.47. The first-order chi connectivity index (χ1) is 20.2. The number of aromatic carboxylic acids is 1. The zero-order valence-electron chi connectivity index (χ0n) is 22.4. The van der Waals surface area contributed by atoms with E-state index in [0.717, 1.165) is 11.0 Å². The Hall–Kier alpha value is -3.86. The molecule has 0 unspecified atom stereocenters. The molecule has 4 N–H and O–H groups in total. The van der Waals surface area contributed by atoms with Gasteiger partial charge in [0.2, 0.25) is 0 Å². The quantitative estimate of drug-likeness (QED) is 0.234. The average molecular weight is 656 g/mol. The number of hydrogen-bond donors (Lipinski definition) is 3. The molecule has 17 heteroatoms. The molecule has 3 aromatic rings. The molecule has 1 aliphatic heterocycles. The van der Waals surface area contributed by atoms with Crippen LogP contribution in [0.2, 0.25) is 0 Å². The molecule has 1 aliphatic rings. The lowest BCUT2D eigenvalue weighted by Crippen LogP contribution is -2.61. The fraction of sp³-hybridized carbons (Fsp3) is 0.370. The van der Waals surface area contributed by atoms with Crippen molar-refractivity contribution in [3.63, 3.8) is 0 Å². The first-order valence-corrected chi connectivity index (χ1v) is 13.5. The van der Waals surface area contributed by atoms with E-state index in [1.54, 1.807) is 6.92 Å². The number of rotatable bonds is 6. The zero-order valence-corrected chi connectivity index (χ0v) is 23.2. The summed E-state index contributed by atoms with van der Waals surface area (Å²) in [6.45, 7) is 1.54. The van der Waals surface area contributed by atoms with E-state index >= 15 is 0 Å². The lowest BCUT2D eigenvalue weighted by Gasteiger charge is -2.46. The molecule has 238 valence electrons. The summed E-state index contributed by atoms with van der Waals surface area (Å²) in [7, 11) is 0. The molecule has 0 saturated heterocycles. The summed E-state index contributed by atoms with van der Waals surface area (Å²) in [5.41, 5.74) is -0.425. The van der Waals surface area contributed by atoms with Crippen LogP contribution in [0, 0.1) is 0 Å². The van der Waals surface area contributed by atoms with Crippen LogP contribution in [0.15, 0.2) is 36.4 Å². The summed E-state index contributed by atoms with van der Waals surface area (Å²) < 4.78 is 121. The zero-order chi connectivity index (χ0) is 33.0. The molecule has 0 radical (unpaired) electrons. The summed E-state index contributed by atoms with van der Waals surface area (Å²) in [5, 5.41) is 19.6. The molecule has 7 nitrogen and oxygen atoms in total. The van der Waals surface area contributed by atoms with Gasteiger partial charge < -0.3 is 15.9 Å². The van der Waals surface area contributed by atoms with Gasteiger partial charge in [-0.25, -0.2) is 14.6 Å². The van der Waals surface area contributed by atoms with Gasteiger partial charge in [-0.2, -0.15) is 39.5 Å². The van der Waals surface area contributed by atoms with Crippen molar-refractivity contribution in [2.45, 2.75) is 62.7 Å². The third kappa shape index (κ3) is 6.47. The van der Waals surface area contributed by atoms with Crippen LogP contribution < -0.4 is 10.6 Å². The third-order valence-electron chi connectivity index (χ3n) is 7.28. The van der Waals surface area contributed by atoms with E-state index in [0.29, 0.717) is 35.6 Å². The van der Waals surface area contributed by atoms with Crippen molar-refractivity contribution in [1.29, 1.82) is 0 Å². The molecule has 0 spiro atoms. The molecule has 1 aromatic heterocycles. The Kier molecular flexibility index (Phi) is 8.45. The predicted molar refractivity (Wildman–Crippen MR) is 139 cm³/mol. The van der Waals surface area contributed by atoms with Gasteiger partial charge in [0, 0.05) is 5.92 Å². The molecule has 0 aliphatic carbocycles. The van der Waals surface area contributed by atoms with Gasteiger partial charge in [-0.3, -0.25) is 4.90 Å². The van der Waals surface area contributed by atoms with Gasteiger partial charge in [-0.05, 0) is 73.2 Å². The maximum atomic E-state index is 13.6. The molecule has 2 heterocycles. The lowest BCUT2D eigenvalue weighted by molar-refractivity contribution is -0.143. The van der Waals surface area contributed by atoms with E-state index in [1.807, 2.05) is 0 Å². The largest absolute Gasteiger partial charge is 0.477 e. The molecule has 0 bridgehead atoms. The number of halogens is 9. The SMILES string of the molecule is CC[C@]1(N)C[C@H](c2nc(CCc3cc(C(F)(F)F)cc(C(F)(F)F)c3)c(C(=O)O)s2)c2cc(C(F)(F)F)ccc2N1C(=O)O. The first kappa shape index (κ1) is 33.0. The van der Waals surface area contributed by atoms with Gasteiger partial charge >= 0.3 is 30.6 Å². The second-order valence-corrected chi connectivity index (χ2v) is 11.2. The second-order valence-electron chi connectivity index (χ2n) is 10.2. The minimum absolute atomic E-state index is 0.00261. The number of carboxylic acids is 1. The van der Waals surface area contributed by atoms with Gasteiger partial charge in [-0.15, -0.1) is 11.3 Å². The topological polar surface area (TPSA) is 117 Å². The molecular weight excluding hydrogens is 633 g/mol. The number of anilines is 1. The van der Waals surface area contributed by atoms with Crippen LogP contribution in [0.25, 0.3) is 0 Å². The van der Waals surface area contributed by atoms with E-state index in [-0.39, 0.29) is 40.9 Å². The maximum absolute atomic E-state index is 13.6. The van der Waals surface area contributed by atoms with Gasteiger partial charge in [0.15, 0.2) is 0 Å². The Morgan fingerprint density at radius 3 is 1.98 bits per heavy atom. The summed E-state index contributed by atoms with van der Waals surface area (Å²) in [6.07, 6.45) is -17.8. The standard InChI is InChI=1S/C27H22F9N3O4S/c1-2-24(37)11-17(16-10-13(25(28,29)30)4-6-19(16)39(24)23(42)43)21-38-18(20(44-21)22(40)41)5-3-12-7-14(26(31,32)33)9-15(8-12)27(34,35)36/h4,6-10,17H,2-3,5,11,37H2,1H3,(H,40,41)(H,42,43)/t17-,24+/m0/s1. The van der Waals surface area contributed by atoms with Crippen molar-refractivity contribution in [3.05, 3.63) is 79.8 Å². The van der Waals surface area contributed by atoms with Crippen LogP contribution in [0.4, 0.5) is 50.0 Å². The fourth-order valence-electron chi connectivity index (χ4n) is 5.11. The minimum atomic E-state index is -5.10. The van der Waals surface area contributed by atoms with Crippen molar-refractivity contribution in [3.8, 4) is 0 Å². The van der Waals surface area contributed by atoms with Crippen molar-refractivity contribution < 1.29 is 59.3 Å². The van der Waals surface area contributed by atoms with E-state index < -0.39 is 82.1 Å². The highest BCUT2D eigenvalue weighted by molar-refractivity contribution is 7.13. The lowest BCUT2D eigenvalue weighted by atomic mass is 9.80. The van der Waals surface area contributed by atoms with E-state index in [4.69, 9.17) is 5.73 Å². The molecule has 0 fully saturated rings. The molecule has 2 aromatic carbocycles. The average Bonchev–Trinajstić information content (AvgIpc) is 3.34. The number of thiazole rings is 1. The number of aromatic nitrogens is 1. The van der Waals surface area contributed by atoms with Crippen molar-refractivity contribution in [2.75, 3.05) is 4.90 Å². The highest BCUT2D eigenvalue weighted by atomic mass is 32.1. The number of benzene rings is 2. The molecule has 0 saturated carbocycles. The van der Waals surface area contributed by atoms with Crippen LogP contribution in [-0.2, 0) is 31.4 Å². The monoisotopic (exact) mass is 655 g/mol. The summed E-state index contributed by atoms with van der Waals surface area (Å²) in [4.78, 5) is 28.8. The molecular formula is C27H22F9N3O4S. The highest BCUT2D eigenvalue weighted by Crippen LogP contribution is 2.49. The number of fused-ring (bicyclic) bond motifs is 1. The van der Waals surface area contributed by atoms with Gasteiger partial charge in [0.1, 0.15) is 15.5 Å². The van der Waals surface area contributed by atoms with Gasteiger partial charge in [0.25, 0.3) is 0 Å². The predicted octanol–water partition coefficient (Wildman–Crippen LogP) is 7.77. The number of alkyl halides is 9. The van der Waals surface area contributed by atoms with Crippen molar-refractivity contribution in [2.24, 2.45) is 5.73 Å². The number of amides is 1. The minimum Gasteiger partial charge on any atom is -0.477 e. The number of hydrogen-bond acceptors (Lipinski definition) is 5. The summed E-state index contributed by atoms with van der Waals surface area (Å²) >= 11 is 0.548. The van der Waals surface area contributed by atoms with Crippen LogP contribution in [-0.4, -0.2) is 32.9 Å². The van der Waals surface area contributed by atoms with Crippen LogP contribution in [0.3, 0.4) is 0 Å². The molecule has 44 heavy (non-hydrogen) atoms. The normalized spacial score (nSPS) is 19.2. The van der Waals surface area contributed by atoms with Crippen LogP contribution >= 0.6 is 11.3 Å². The van der Waals surface area contributed by atoms with Gasteiger partial charge in [0.05, 0.1) is 28.1 Å². The Labute approximate surface area is 246 Å². The molecule has 2 atom stereocenters. The smallest absolute Gasteiger partial charge is 0.416 e. The maximum Gasteiger partial charge on any atom is 0.416 e. The second kappa shape index (κ2) is 11.3. The van der Waals surface area contributed by atoms with Crippen LogP contribution in [0.5, 0.6) is 0 Å². The number of nitrogens with two attached hydrogens (primary N) is 1. The Morgan fingerprint density at radius 1 is 0.932 bits per heavy atom. The Balaban J connectivity index is 1.80. The third-order valence-corrected chi connectivity index (χ3v) is 8.48. The van der Waals surface area contributed by atoms with Crippen molar-refractivity contribution in [1.82, 2.24) is 4.98 Å². The Bertz CT molecular complexity index is 1570. The number of carbonyl (C=O) groups is 2. The molecule has 4 rings (SSSR count). The van der Waals surface area contributed by atoms with E-state index in [2.05, 4.69) is 4.98 Å². The fourth-order valence-corrected chi connectivity index (χ4v) is 6.18. The first-order valence-electron chi connectivity index (χ1n) is 12.7. The van der Waals surface area contributed by atoms with Gasteiger partial charge in [-0.1, -0.05) is 6.92 Å². The summed E-state index contributed by atoms with van der Waals surface area (Å²) in [5.74, 6) is -2.67.